The second-order valence-electron chi connectivity index (χ2n) is 5.58. The highest BCUT2D eigenvalue weighted by molar-refractivity contribution is 8.26. The number of furan rings is 1. The van der Waals surface area contributed by atoms with Crippen LogP contribution in [0.4, 0.5) is 5.69 Å². The van der Waals surface area contributed by atoms with E-state index < -0.39 is 0 Å². The number of benzene rings is 1. The first-order valence-electron chi connectivity index (χ1n) is 8.39. The molecule has 0 unspecified atom stereocenters. The molecule has 0 radical (unpaired) electrons. The molecule has 1 fully saturated rings. The Kier molecular flexibility index (Phi) is 6.31. The predicted molar refractivity (Wildman–Crippen MR) is 109 cm³/mol. The molecule has 8 heteroatoms. The van der Waals surface area contributed by atoms with E-state index in [0.29, 0.717) is 33.0 Å². The summed E-state index contributed by atoms with van der Waals surface area (Å²) in [4.78, 5) is 26.7. The van der Waals surface area contributed by atoms with Gasteiger partial charge < -0.3 is 14.5 Å². The van der Waals surface area contributed by atoms with E-state index >= 15 is 0 Å². The lowest BCUT2D eigenvalue weighted by Gasteiger charge is -2.15. The highest BCUT2D eigenvalue weighted by Gasteiger charge is 2.32. The number of ether oxygens (including phenoxy) is 1. The number of nitrogens with one attached hydrogen (secondary N) is 1. The molecular weight excluding hydrogens is 384 g/mol. The molecule has 0 atom stereocenters. The number of hydrogen-bond acceptors (Lipinski definition) is 6. The van der Waals surface area contributed by atoms with Crippen LogP contribution in [0.5, 0.6) is 5.75 Å². The van der Waals surface area contributed by atoms with Crippen molar-refractivity contribution >= 4 is 51.9 Å². The Morgan fingerprint density at radius 1 is 1.33 bits per heavy atom. The van der Waals surface area contributed by atoms with Crippen LogP contribution in [0.15, 0.2) is 52.0 Å². The number of carbonyl (C=O) groups is 2. The average Bonchev–Trinajstić information content (AvgIpc) is 3.24. The third-order valence-corrected chi connectivity index (χ3v) is 5.09. The van der Waals surface area contributed by atoms with Crippen LogP contribution >= 0.6 is 24.0 Å². The highest BCUT2D eigenvalue weighted by atomic mass is 32.2. The standard InChI is InChI=1S/C19H18N2O4S2/c1-2-24-15-8-4-3-7-14(15)20-17(22)9-10-21-18(23)16(27-19(21)26)12-13-6-5-11-25-13/h3-8,11-12H,2,9-10H2,1H3,(H,20,22). The smallest absolute Gasteiger partial charge is 0.266 e. The van der Waals surface area contributed by atoms with E-state index in [9.17, 15) is 9.59 Å². The fourth-order valence-corrected chi connectivity index (χ4v) is 3.76. The number of thiocarbonyl (C=S) groups is 1. The molecule has 1 N–H and O–H groups in total. The summed E-state index contributed by atoms with van der Waals surface area (Å²) in [6.45, 7) is 2.60. The molecule has 1 aliphatic heterocycles. The average molecular weight is 402 g/mol. The van der Waals surface area contributed by atoms with E-state index in [0.717, 1.165) is 0 Å². The van der Waals surface area contributed by atoms with E-state index in [1.807, 2.05) is 19.1 Å². The van der Waals surface area contributed by atoms with Crippen LogP contribution in [0.1, 0.15) is 19.1 Å². The van der Waals surface area contributed by atoms with E-state index in [4.69, 9.17) is 21.4 Å². The molecule has 0 saturated carbocycles. The van der Waals surface area contributed by atoms with Crippen molar-refractivity contribution in [2.45, 2.75) is 13.3 Å². The summed E-state index contributed by atoms with van der Waals surface area (Å²) >= 11 is 6.47. The number of hydrogen-bond donors (Lipinski definition) is 1. The number of amides is 2. The Morgan fingerprint density at radius 2 is 2.15 bits per heavy atom. The molecule has 3 rings (SSSR count). The summed E-state index contributed by atoms with van der Waals surface area (Å²) in [7, 11) is 0. The van der Waals surface area contributed by atoms with Gasteiger partial charge in [-0.15, -0.1) is 0 Å². The fraction of sp³-hybridized carbons (Fsp3) is 0.211. The number of nitrogens with zero attached hydrogens (tertiary/aromatic N) is 1. The van der Waals surface area contributed by atoms with Crippen molar-refractivity contribution in [3.63, 3.8) is 0 Å². The number of para-hydroxylation sites is 2. The lowest BCUT2D eigenvalue weighted by Crippen LogP contribution is -2.31. The van der Waals surface area contributed by atoms with Gasteiger partial charge in [0, 0.05) is 19.0 Å². The zero-order valence-electron chi connectivity index (χ0n) is 14.6. The van der Waals surface area contributed by atoms with Gasteiger partial charge >= 0.3 is 0 Å². The molecule has 6 nitrogen and oxygen atoms in total. The third kappa shape index (κ3) is 4.78. The van der Waals surface area contributed by atoms with Crippen LogP contribution in [-0.2, 0) is 9.59 Å². The monoisotopic (exact) mass is 402 g/mol. The number of anilines is 1. The van der Waals surface area contributed by atoms with Gasteiger partial charge in [-0.1, -0.05) is 36.1 Å². The molecule has 1 aliphatic rings. The fourth-order valence-electron chi connectivity index (χ4n) is 2.47. The zero-order valence-corrected chi connectivity index (χ0v) is 16.3. The van der Waals surface area contributed by atoms with Gasteiger partial charge in [0.05, 0.1) is 23.5 Å². The minimum atomic E-state index is -0.219. The van der Waals surface area contributed by atoms with E-state index in [1.165, 1.54) is 22.9 Å². The van der Waals surface area contributed by atoms with Crippen molar-refractivity contribution < 1.29 is 18.7 Å². The summed E-state index contributed by atoms with van der Waals surface area (Å²) in [6.07, 6.45) is 3.32. The van der Waals surface area contributed by atoms with Gasteiger partial charge in [-0.3, -0.25) is 14.5 Å². The first kappa shape index (κ1) is 19.2. The Hall–Kier alpha value is -2.58. The molecule has 2 aromatic rings. The number of carbonyl (C=O) groups excluding carboxylic acids is 2. The topological polar surface area (TPSA) is 71.8 Å². The molecule has 0 bridgehead atoms. The summed E-state index contributed by atoms with van der Waals surface area (Å²) in [5.74, 6) is 0.760. The maximum Gasteiger partial charge on any atom is 0.266 e. The van der Waals surface area contributed by atoms with E-state index in [1.54, 1.807) is 30.3 Å². The van der Waals surface area contributed by atoms with Crippen LogP contribution in [0.3, 0.4) is 0 Å². The summed E-state index contributed by atoms with van der Waals surface area (Å²) < 4.78 is 11.2. The minimum Gasteiger partial charge on any atom is -0.492 e. The number of thioether (sulfide) groups is 1. The lowest BCUT2D eigenvalue weighted by molar-refractivity contribution is -0.122. The van der Waals surface area contributed by atoms with Crippen molar-refractivity contribution in [2.24, 2.45) is 0 Å². The normalized spacial score (nSPS) is 15.4. The predicted octanol–water partition coefficient (Wildman–Crippen LogP) is 3.91. The summed E-state index contributed by atoms with van der Waals surface area (Å²) in [6, 6.07) is 10.7. The third-order valence-electron chi connectivity index (χ3n) is 3.71. The van der Waals surface area contributed by atoms with Crippen molar-refractivity contribution in [2.75, 3.05) is 18.5 Å². The van der Waals surface area contributed by atoms with Crippen LogP contribution in [0.25, 0.3) is 6.08 Å². The summed E-state index contributed by atoms with van der Waals surface area (Å²) in [5, 5.41) is 2.81. The maximum atomic E-state index is 12.5. The SMILES string of the molecule is CCOc1ccccc1NC(=O)CCN1C(=O)C(=Cc2ccco2)SC1=S. The van der Waals surface area contributed by atoms with Crippen LogP contribution in [0.2, 0.25) is 0 Å². The first-order chi connectivity index (χ1) is 13.1. The first-order valence-corrected chi connectivity index (χ1v) is 9.61. The van der Waals surface area contributed by atoms with E-state index in [2.05, 4.69) is 5.32 Å². The van der Waals surface area contributed by atoms with Crippen molar-refractivity contribution in [3.8, 4) is 5.75 Å². The van der Waals surface area contributed by atoms with Crippen LogP contribution in [-0.4, -0.2) is 34.2 Å². The molecular formula is C19H18N2O4S2. The van der Waals surface area contributed by atoms with Gasteiger partial charge in [-0.2, -0.15) is 0 Å². The Bertz CT molecular complexity index is 878. The molecule has 27 heavy (non-hydrogen) atoms. The van der Waals surface area contributed by atoms with Crippen molar-refractivity contribution in [1.82, 2.24) is 4.90 Å². The highest BCUT2D eigenvalue weighted by Crippen LogP contribution is 2.32. The van der Waals surface area contributed by atoms with Crippen LogP contribution < -0.4 is 10.1 Å². The van der Waals surface area contributed by atoms with Gasteiger partial charge in [0.1, 0.15) is 15.8 Å². The molecule has 2 amide bonds. The maximum absolute atomic E-state index is 12.5. The van der Waals surface area contributed by atoms with Gasteiger partial charge in [0.25, 0.3) is 5.91 Å². The summed E-state index contributed by atoms with van der Waals surface area (Å²) in [5.41, 5.74) is 0.604. The molecule has 0 aliphatic carbocycles. The largest absolute Gasteiger partial charge is 0.492 e. The Balaban J connectivity index is 1.59. The van der Waals surface area contributed by atoms with Gasteiger partial charge in [0.15, 0.2) is 0 Å². The molecule has 2 heterocycles. The minimum absolute atomic E-state index is 0.126. The number of rotatable bonds is 7. The molecule has 1 saturated heterocycles. The Morgan fingerprint density at radius 3 is 2.89 bits per heavy atom. The second kappa shape index (κ2) is 8.88. The lowest BCUT2D eigenvalue weighted by atomic mass is 10.2. The molecule has 0 spiro atoms. The second-order valence-corrected chi connectivity index (χ2v) is 7.25. The van der Waals surface area contributed by atoms with Crippen molar-refractivity contribution in [3.05, 3.63) is 53.3 Å². The van der Waals surface area contributed by atoms with Gasteiger partial charge in [-0.05, 0) is 31.2 Å². The quantitative estimate of drug-likeness (QED) is 0.559. The molecule has 1 aromatic heterocycles. The molecule has 140 valence electrons. The Labute approximate surface area is 166 Å². The molecule has 1 aromatic carbocycles. The zero-order chi connectivity index (χ0) is 19.2. The van der Waals surface area contributed by atoms with Gasteiger partial charge in [0.2, 0.25) is 5.91 Å². The van der Waals surface area contributed by atoms with E-state index in [-0.39, 0.29) is 24.8 Å². The van der Waals surface area contributed by atoms with Gasteiger partial charge in [-0.25, -0.2) is 0 Å². The van der Waals surface area contributed by atoms with Crippen LogP contribution in [0, 0.1) is 0 Å². The van der Waals surface area contributed by atoms with Crippen molar-refractivity contribution in [1.29, 1.82) is 0 Å².